The molecule has 0 saturated carbocycles. The Kier molecular flexibility index (Phi) is 8.32. The fourth-order valence-electron chi connectivity index (χ4n) is 6.94. The SMILES string of the molecule is O=C(Oc1ccc(C(c2ccccc2)(c2ccccc2)c2ccccc2)cc1)C(c1ccccc1)(c1ccccc1)c1ccccc1. The molecule has 0 bridgehead atoms. The van der Waals surface area contributed by atoms with E-state index in [1.807, 2.05) is 121 Å². The van der Waals surface area contributed by atoms with Crippen LogP contribution in [0.15, 0.2) is 206 Å². The largest absolute Gasteiger partial charge is 0.425 e. The average Bonchev–Trinajstić information content (AvgIpc) is 3.16. The molecule has 226 valence electrons. The molecule has 7 aromatic carbocycles. The summed E-state index contributed by atoms with van der Waals surface area (Å²) in [4.78, 5) is 14.8. The van der Waals surface area contributed by atoms with E-state index in [-0.39, 0.29) is 5.97 Å². The third kappa shape index (κ3) is 5.34. The highest BCUT2D eigenvalue weighted by Gasteiger charge is 2.46. The van der Waals surface area contributed by atoms with Gasteiger partial charge in [-0.3, -0.25) is 0 Å². The Morgan fingerprint density at radius 3 is 0.872 bits per heavy atom. The zero-order chi connectivity index (χ0) is 31.9. The number of esters is 1. The molecule has 0 spiro atoms. The molecule has 0 N–H and O–H groups in total. The van der Waals surface area contributed by atoms with Crippen molar-refractivity contribution < 1.29 is 9.53 Å². The molecule has 47 heavy (non-hydrogen) atoms. The van der Waals surface area contributed by atoms with Crippen LogP contribution in [-0.2, 0) is 15.6 Å². The monoisotopic (exact) mass is 606 g/mol. The lowest BCUT2D eigenvalue weighted by atomic mass is 9.65. The van der Waals surface area contributed by atoms with E-state index in [0.717, 1.165) is 38.9 Å². The molecular formula is C45H34O2. The Morgan fingerprint density at radius 1 is 0.319 bits per heavy atom. The molecule has 0 saturated heterocycles. The second-order valence-corrected chi connectivity index (χ2v) is 11.6. The molecule has 7 rings (SSSR count). The summed E-state index contributed by atoms with van der Waals surface area (Å²) in [7, 11) is 0. The molecule has 0 heterocycles. The smallest absolute Gasteiger partial charge is 0.331 e. The van der Waals surface area contributed by atoms with Crippen LogP contribution < -0.4 is 4.74 Å². The first kappa shape index (κ1) is 29.7. The normalized spacial score (nSPS) is 11.5. The first-order chi connectivity index (χ1) is 23.2. The molecule has 0 fully saturated rings. The van der Waals surface area contributed by atoms with Crippen LogP contribution in [0.2, 0.25) is 0 Å². The maximum absolute atomic E-state index is 14.8. The third-order valence-corrected chi connectivity index (χ3v) is 9.04. The standard InChI is InChI=1S/C45H34O2/c46-43(45(38-25-13-4-14-26-38,39-27-15-5-16-28-39)40-29-17-6-18-30-40)47-42-33-31-41(32-34-42)44(35-19-7-1-8-20-35,36-21-9-2-10-22-36)37-23-11-3-12-24-37/h1-34H. The molecule has 0 aliphatic rings. The van der Waals surface area contributed by atoms with Crippen LogP contribution in [0.4, 0.5) is 0 Å². The maximum Gasteiger partial charge on any atom is 0.331 e. The van der Waals surface area contributed by atoms with Crippen LogP contribution in [0, 0.1) is 0 Å². The van der Waals surface area contributed by atoms with Crippen LogP contribution in [0.5, 0.6) is 5.75 Å². The van der Waals surface area contributed by atoms with E-state index in [1.165, 1.54) is 0 Å². The van der Waals surface area contributed by atoms with Crippen molar-refractivity contribution in [2.24, 2.45) is 0 Å². The highest BCUT2D eigenvalue weighted by Crippen LogP contribution is 2.46. The predicted octanol–water partition coefficient (Wildman–Crippen LogP) is 10.0. The molecule has 0 amide bonds. The first-order valence-corrected chi connectivity index (χ1v) is 15.9. The minimum atomic E-state index is -1.18. The van der Waals surface area contributed by atoms with E-state index in [0.29, 0.717) is 5.75 Å². The van der Waals surface area contributed by atoms with Gasteiger partial charge < -0.3 is 4.74 Å². The van der Waals surface area contributed by atoms with Crippen molar-refractivity contribution in [3.63, 3.8) is 0 Å². The molecule has 0 radical (unpaired) electrons. The second kappa shape index (κ2) is 13.2. The van der Waals surface area contributed by atoms with Gasteiger partial charge in [0.25, 0.3) is 0 Å². The van der Waals surface area contributed by atoms with Crippen LogP contribution in [0.25, 0.3) is 0 Å². The van der Waals surface area contributed by atoms with Gasteiger partial charge in [0.05, 0.1) is 5.41 Å². The van der Waals surface area contributed by atoms with E-state index >= 15 is 0 Å². The molecule has 0 atom stereocenters. The molecule has 7 aromatic rings. The van der Waals surface area contributed by atoms with Gasteiger partial charge in [-0.05, 0) is 51.1 Å². The third-order valence-electron chi connectivity index (χ3n) is 9.04. The fraction of sp³-hybridized carbons (Fsp3) is 0.0444. The zero-order valence-corrected chi connectivity index (χ0v) is 25.9. The summed E-state index contributed by atoms with van der Waals surface area (Å²) >= 11 is 0. The first-order valence-electron chi connectivity index (χ1n) is 15.9. The van der Waals surface area contributed by atoms with E-state index in [9.17, 15) is 4.79 Å². The Hall–Kier alpha value is -5.99. The number of carbonyl (C=O) groups excluding carboxylic acids is 1. The number of ether oxygens (including phenoxy) is 1. The number of hydrogen-bond donors (Lipinski definition) is 0. The molecule has 2 nitrogen and oxygen atoms in total. The molecule has 0 aromatic heterocycles. The number of benzene rings is 7. The Morgan fingerprint density at radius 2 is 0.574 bits per heavy atom. The van der Waals surface area contributed by atoms with Gasteiger partial charge in [-0.25, -0.2) is 4.79 Å². The van der Waals surface area contributed by atoms with Crippen molar-refractivity contribution in [2.75, 3.05) is 0 Å². The highest BCUT2D eigenvalue weighted by atomic mass is 16.5. The Bertz CT molecular complexity index is 1830. The Labute approximate surface area is 276 Å². The lowest BCUT2D eigenvalue weighted by molar-refractivity contribution is -0.138. The van der Waals surface area contributed by atoms with Crippen molar-refractivity contribution in [1.82, 2.24) is 0 Å². The lowest BCUT2D eigenvalue weighted by Crippen LogP contribution is -2.41. The van der Waals surface area contributed by atoms with Gasteiger partial charge in [-0.15, -0.1) is 0 Å². The predicted molar refractivity (Wildman–Crippen MR) is 190 cm³/mol. The number of rotatable bonds is 9. The van der Waals surface area contributed by atoms with Crippen LogP contribution in [-0.4, -0.2) is 5.97 Å². The van der Waals surface area contributed by atoms with Crippen molar-refractivity contribution in [3.05, 3.63) is 245 Å². The topological polar surface area (TPSA) is 26.3 Å². The summed E-state index contributed by atoms with van der Waals surface area (Å²) in [6, 6.07) is 69.4. The Balaban J connectivity index is 1.36. The van der Waals surface area contributed by atoms with Gasteiger partial charge >= 0.3 is 5.97 Å². The van der Waals surface area contributed by atoms with E-state index < -0.39 is 10.8 Å². The van der Waals surface area contributed by atoms with Crippen LogP contribution in [0.1, 0.15) is 38.9 Å². The second-order valence-electron chi connectivity index (χ2n) is 11.6. The molecule has 0 aliphatic heterocycles. The average molecular weight is 607 g/mol. The summed E-state index contributed by atoms with van der Waals surface area (Å²) < 4.78 is 6.39. The van der Waals surface area contributed by atoms with Crippen molar-refractivity contribution in [1.29, 1.82) is 0 Å². The van der Waals surface area contributed by atoms with Gasteiger partial charge in [-0.2, -0.15) is 0 Å². The van der Waals surface area contributed by atoms with Crippen LogP contribution >= 0.6 is 0 Å². The van der Waals surface area contributed by atoms with Gasteiger partial charge in [0.2, 0.25) is 0 Å². The van der Waals surface area contributed by atoms with Gasteiger partial charge in [-0.1, -0.05) is 194 Å². The minimum absolute atomic E-state index is 0.366. The summed E-state index contributed by atoms with van der Waals surface area (Å²) in [5, 5.41) is 0. The lowest BCUT2D eigenvalue weighted by Gasteiger charge is -2.37. The fourth-order valence-corrected chi connectivity index (χ4v) is 6.94. The summed E-state index contributed by atoms with van der Waals surface area (Å²) in [5.74, 6) is 0.114. The number of carbonyl (C=O) groups is 1. The van der Waals surface area contributed by atoms with E-state index in [4.69, 9.17) is 4.74 Å². The summed E-state index contributed by atoms with van der Waals surface area (Å²) in [6.07, 6.45) is 0. The molecule has 2 heteroatoms. The van der Waals surface area contributed by atoms with Gasteiger partial charge in [0.15, 0.2) is 0 Å². The molecular weight excluding hydrogens is 572 g/mol. The zero-order valence-electron chi connectivity index (χ0n) is 25.9. The van der Waals surface area contributed by atoms with Crippen molar-refractivity contribution in [2.45, 2.75) is 10.8 Å². The maximum atomic E-state index is 14.8. The highest BCUT2D eigenvalue weighted by molar-refractivity contribution is 5.93. The van der Waals surface area contributed by atoms with Gasteiger partial charge in [0, 0.05) is 0 Å². The van der Waals surface area contributed by atoms with Crippen LogP contribution in [0.3, 0.4) is 0 Å². The summed E-state index contributed by atoms with van der Waals surface area (Å²) in [5.41, 5.74) is 5.29. The summed E-state index contributed by atoms with van der Waals surface area (Å²) in [6.45, 7) is 0. The number of hydrogen-bond acceptors (Lipinski definition) is 2. The van der Waals surface area contributed by atoms with E-state index in [2.05, 4.69) is 84.9 Å². The quantitative estimate of drug-likeness (QED) is 0.0929. The van der Waals surface area contributed by atoms with Crippen molar-refractivity contribution in [3.8, 4) is 5.75 Å². The molecule has 0 unspecified atom stereocenters. The minimum Gasteiger partial charge on any atom is -0.425 e. The van der Waals surface area contributed by atoms with E-state index in [1.54, 1.807) is 0 Å². The van der Waals surface area contributed by atoms with Crippen molar-refractivity contribution >= 4 is 5.97 Å². The molecule has 0 aliphatic carbocycles. The van der Waals surface area contributed by atoms with Gasteiger partial charge in [0.1, 0.15) is 11.2 Å².